The van der Waals surface area contributed by atoms with Crippen LogP contribution in [-0.2, 0) is 0 Å². The van der Waals surface area contributed by atoms with Crippen LogP contribution in [0.1, 0.15) is 18.5 Å². The number of fused-ring (bicyclic) bond motifs is 2. The van der Waals surface area contributed by atoms with Gasteiger partial charge in [-0.3, -0.25) is 4.98 Å². The summed E-state index contributed by atoms with van der Waals surface area (Å²) in [6.07, 6.45) is 5.41. The van der Waals surface area contributed by atoms with Gasteiger partial charge in [0.25, 0.3) is 0 Å². The van der Waals surface area contributed by atoms with Gasteiger partial charge < -0.3 is 4.57 Å². The molecule has 3 heterocycles. The van der Waals surface area contributed by atoms with Crippen LogP contribution in [0.4, 0.5) is 0 Å². The quantitative estimate of drug-likeness (QED) is 0.475. The highest BCUT2D eigenvalue weighted by atomic mass is 15.1. The largest absolute Gasteiger partial charge is 0.307 e. The van der Waals surface area contributed by atoms with Gasteiger partial charge in [0, 0.05) is 17.1 Å². The lowest BCUT2D eigenvalue weighted by Gasteiger charge is -2.15. The number of hydrogen-bond donors (Lipinski definition) is 0. The van der Waals surface area contributed by atoms with Crippen LogP contribution < -0.4 is 0 Å². The molecule has 0 saturated carbocycles. The predicted octanol–water partition coefficient (Wildman–Crippen LogP) is 4.65. The van der Waals surface area contributed by atoms with Gasteiger partial charge >= 0.3 is 0 Å². The molecule has 1 unspecified atom stereocenters. The second kappa shape index (κ2) is 6.29. The van der Waals surface area contributed by atoms with Gasteiger partial charge in [0.05, 0.1) is 29.8 Å². The number of imidazole rings is 1. The van der Waals surface area contributed by atoms with E-state index < -0.39 is 0 Å². The van der Waals surface area contributed by atoms with Crippen molar-refractivity contribution in [1.29, 1.82) is 0 Å². The first-order valence-corrected chi connectivity index (χ1v) is 8.89. The summed E-state index contributed by atoms with van der Waals surface area (Å²) in [5.74, 6) is 0. The number of hydrogen-bond acceptors (Lipinski definition) is 4. The Morgan fingerprint density at radius 3 is 2.67 bits per heavy atom. The lowest BCUT2D eigenvalue weighted by atomic mass is 10.1. The van der Waals surface area contributed by atoms with E-state index in [-0.39, 0.29) is 6.04 Å². The zero-order chi connectivity index (χ0) is 18.2. The molecule has 0 aliphatic rings. The molecule has 0 spiro atoms. The van der Waals surface area contributed by atoms with Crippen LogP contribution in [-0.4, -0.2) is 24.5 Å². The van der Waals surface area contributed by atoms with Gasteiger partial charge in [0.2, 0.25) is 0 Å². The smallest absolute Gasteiger partial charge is 0.197 e. The van der Waals surface area contributed by atoms with Gasteiger partial charge in [-0.15, -0.1) is 0 Å². The third-order valence-electron chi connectivity index (χ3n) is 4.88. The maximum absolute atomic E-state index is 4.84. The van der Waals surface area contributed by atoms with Crippen molar-refractivity contribution >= 4 is 22.2 Å². The number of benzene rings is 2. The van der Waals surface area contributed by atoms with Gasteiger partial charge in [0.15, 0.2) is 11.3 Å². The van der Waals surface area contributed by atoms with Crippen molar-refractivity contribution in [3.8, 4) is 11.3 Å². The predicted molar refractivity (Wildman–Crippen MR) is 106 cm³/mol. The van der Waals surface area contributed by atoms with E-state index in [9.17, 15) is 0 Å². The molecule has 5 heteroatoms. The Labute approximate surface area is 156 Å². The molecule has 0 saturated heterocycles. The zero-order valence-electron chi connectivity index (χ0n) is 14.8. The lowest BCUT2D eigenvalue weighted by Crippen LogP contribution is -2.07. The van der Waals surface area contributed by atoms with E-state index in [1.54, 1.807) is 6.20 Å². The molecule has 5 rings (SSSR count). The normalized spacial score (nSPS) is 12.5. The van der Waals surface area contributed by atoms with Crippen LogP contribution >= 0.6 is 0 Å². The van der Waals surface area contributed by atoms with E-state index >= 15 is 0 Å². The van der Waals surface area contributed by atoms with Crippen LogP contribution in [0.25, 0.3) is 33.5 Å². The average Bonchev–Trinajstić information content (AvgIpc) is 3.16. The Hall–Kier alpha value is -3.60. The number of rotatable bonds is 3. The third-order valence-corrected chi connectivity index (χ3v) is 4.88. The molecular weight excluding hydrogens is 334 g/mol. The van der Waals surface area contributed by atoms with Crippen molar-refractivity contribution in [2.45, 2.75) is 13.0 Å². The summed E-state index contributed by atoms with van der Waals surface area (Å²) in [5.41, 5.74) is 5.51. The maximum atomic E-state index is 4.84. The van der Waals surface area contributed by atoms with Crippen molar-refractivity contribution in [2.24, 2.45) is 0 Å². The Morgan fingerprint density at radius 2 is 1.78 bits per heavy atom. The Kier molecular flexibility index (Phi) is 3.64. The summed E-state index contributed by atoms with van der Waals surface area (Å²) >= 11 is 0. The van der Waals surface area contributed by atoms with Gasteiger partial charge in [0.1, 0.15) is 0 Å². The van der Waals surface area contributed by atoms with Crippen LogP contribution in [0.2, 0.25) is 0 Å². The highest BCUT2D eigenvalue weighted by Crippen LogP contribution is 2.26. The summed E-state index contributed by atoms with van der Waals surface area (Å²) in [7, 11) is 0. The lowest BCUT2D eigenvalue weighted by molar-refractivity contribution is 0.653. The van der Waals surface area contributed by atoms with Gasteiger partial charge in [-0.25, -0.2) is 15.0 Å². The molecule has 27 heavy (non-hydrogen) atoms. The monoisotopic (exact) mass is 351 g/mol. The second-order valence-electron chi connectivity index (χ2n) is 6.55. The van der Waals surface area contributed by atoms with Crippen molar-refractivity contribution in [3.63, 3.8) is 0 Å². The van der Waals surface area contributed by atoms with Gasteiger partial charge in [-0.2, -0.15) is 0 Å². The molecule has 3 aromatic heterocycles. The molecule has 5 aromatic rings. The standard InChI is InChI=1S/C22H17N5/c1-15(17-9-10-19-18(12-17)8-5-11-23-19)27-14-25-21-22(27)26-20(13-24-21)16-6-3-2-4-7-16/h2-15H,1H3. The first kappa shape index (κ1) is 15.6. The van der Waals surface area contributed by atoms with Crippen LogP contribution in [0.5, 0.6) is 0 Å². The van der Waals surface area contributed by atoms with E-state index in [0.717, 1.165) is 27.8 Å². The van der Waals surface area contributed by atoms with Gasteiger partial charge in [-0.1, -0.05) is 42.5 Å². The van der Waals surface area contributed by atoms with E-state index in [1.165, 1.54) is 5.56 Å². The van der Waals surface area contributed by atoms with Crippen molar-refractivity contribution < 1.29 is 0 Å². The Bertz CT molecular complexity index is 1240. The molecule has 0 aliphatic heterocycles. The minimum Gasteiger partial charge on any atom is -0.307 e. The molecule has 2 aromatic carbocycles. The summed E-state index contributed by atoms with van der Waals surface area (Å²) in [6, 6.07) is 20.5. The van der Waals surface area contributed by atoms with Crippen LogP contribution in [0.15, 0.2) is 79.4 Å². The highest BCUT2D eigenvalue weighted by molar-refractivity contribution is 5.79. The second-order valence-corrected chi connectivity index (χ2v) is 6.55. The fourth-order valence-electron chi connectivity index (χ4n) is 3.35. The van der Waals surface area contributed by atoms with Crippen molar-refractivity contribution in [2.75, 3.05) is 0 Å². The molecule has 130 valence electrons. The highest BCUT2D eigenvalue weighted by Gasteiger charge is 2.15. The van der Waals surface area contributed by atoms with E-state index in [2.05, 4.69) is 50.7 Å². The summed E-state index contributed by atoms with van der Waals surface area (Å²) in [6.45, 7) is 2.15. The topological polar surface area (TPSA) is 56.5 Å². The van der Waals surface area contributed by atoms with Crippen LogP contribution in [0.3, 0.4) is 0 Å². The van der Waals surface area contributed by atoms with E-state index in [0.29, 0.717) is 5.65 Å². The number of nitrogens with zero attached hydrogens (tertiary/aromatic N) is 5. The molecule has 0 bridgehead atoms. The van der Waals surface area contributed by atoms with E-state index in [4.69, 9.17) is 4.98 Å². The molecule has 0 radical (unpaired) electrons. The number of pyridine rings is 1. The Morgan fingerprint density at radius 1 is 0.889 bits per heavy atom. The molecule has 0 aliphatic carbocycles. The number of aromatic nitrogens is 5. The van der Waals surface area contributed by atoms with Gasteiger partial charge in [-0.05, 0) is 30.7 Å². The minimum absolute atomic E-state index is 0.0833. The molecule has 0 amide bonds. The first-order valence-electron chi connectivity index (χ1n) is 8.89. The molecular formula is C22H17N5. The average molecular weight is 351 g/mol. The van der Waals surface area contributed by atoms with Crippen LogP contribution in [0, 0.1) is 0 Å². The Balaban J connectivity index is 1.60. The molecule has 0 N–H and O–H groups in total. The minimum atomic E-state index is 0.0833. The van der Waals surface area contributed by atoms with E-state index in [1.807, 2.05) is 48.9 Å². The summed E-state index contributed by atoms with van der Waals surface area (Å²) < 4.78 is 2.08. The summed E-state index contributed by atoms with van der Waals surface area (Å²) in [5, 5.41) is 1.13. The molecule has 1 atom stereocenters. The fraction of sp³-hybridized carbons (Fsp3) is 0.0909. The first-order chi connectivity index (χ1) is 13.3. The maximum Gasteiger partial charge on any atom is 0.197 e. The molecule has 5 nitrogen and oxygen atoms in total. The van der Waals surface area contributed by atoms with Crippen molar-refractivity contribution in [1.82, 2.24) is 24.5 Å². The molecule has 0 fully saturated rings. The fourth-order valence-corrected chi connectivity index (χ4v) is 3.35. The SMILES string of the molecule is CC(c1ccc2ncccc2c1)n1cnc2ncc(-c3ccccc3)nc21. The third kappa shape index (κ3) is 2.73. The van der Waals surface area contributed by atoms with Crippen molar-refractivity contribution in [3.05, 3.63) is 84.9 Å². The summed E-state index contributed by atoms with van der Waals surface area (Å²) in [4.78, 5) is 18.2. The zero-order valence-corrected chi connectivity index (χ0v) is 14.8.